The molecular weight excluding hydrogens is 326 g/mol. The van der Waals surface area contributed by atoms with E-state index in [9.17, 15) is 4.79 Å². The largest absolute Gasteiger partial charge is 0.497 e. The van der Waals surface area contributed by atoms with Crippen molar-refractivity contribution in [2.75, 3.05) is 20.2 Å². The zero-order valence-electron chi connectivity index (χ0n) is 15.5. The van der Waals surface area contributed by atoms with E-state index in [1.165, 1.54) is 11.1 Å². The molecule has 1 atom stereocenters. The van der Waals surface area contributed by atoms with Crippen LogP contribution in [0.4, 0.5) is 4.79 Å². The van der Waals surface area contributed by atoms with E-state index >= 15 is 0 Å². The highest BCUT2D eigenvalue weighted by atomic mass is 16.5. The monoisotopic (exact) mass is 353 g/mol. The third-order valence-electron chi connectivity index (χ3n) is 4.95. The summed E-state index contributed by atoms with van der Waals surface area (Å²) >= 11 is 0. The van der Waals surface area contributed by atoms with Crippen LogP contribution in [0, 0.1) is 0 Å². The Kier molecular flexibility index (Phi) is 6.12. The van der Waals surface area contributed by atoms with E-state index in [2.05, 4.69) is 46.7 Å². The van der Waals surface area contributed by atoms with Crippen LogP contribution in [-0.2, 0) is 19.5 Å². The zero-order valence-corrected chi connectivity index (χ0v) is 15.5. The van der Waals surface area contributed by atoms with Crippen molar-refractivity contribution < 1.29 is 9.53 Å². The molecular formula is C21H27N3O2. The van der Waals surface area contributed by atoms with Crippen molar-refractivity contribution in [1.82, 2.24) is 15.5 Å². The minimum Gasteiger partial charge on any atom is -0.497 e. The third kappa shape index (κ3) is 4.76. The number of rotatable bonds is 6. The van der Waals surface area contributed by atoms with Gasteiger partial charge in [-0.05, 0) is 42.2 Å². The molecule has 5 heteroatoms. The van der Waals surface area contributed by atoms with E-state index < -0.39 is 0 Å². The van der Waals surface area contributed by atoms with Gasteiger partial charge in [-0.3, -0.25) is 4.90 Å². The first-order chi connectivity index (χ1) is 12.7. The Bertz CT molecular complexity index is 730. The topological polar surface area (TPSA) is 53.6 Å². The van der Waals surface area contributed by atoms with E-state index in [1.54, 1.807) is 7.11 Å². The molecule has 3 rings (SSSR count). The first kappa shape index (κ1) is 18.3. The molecule has 0 saturated carbocycles. The highest BCUT2D eigenvalue weighted by molar-refractivity contribution is 5.73. The molecule has 1 unspecified atom stereocenters. The number of benzene rings is 2. The maximum Gasteiger partial charge on any atom is 0.315 e. The van der Waals surface area contributed by atoms with Crippen LogP contribution in [0.3, 0.4) is 0 Å². The molecule has 2 aromatic rings. The summed E-state index contributed by atoms with van der Waals surface area (Å²) in [6, 6.07) is 16.5. The van der Waals surface area contributed by atoms with Crippen molar-refractivity contribution in [3.8, 4) is 5.75 Å². The Labute approximate surface area is 155 Å². The molecule has 26 heavy (non-hydrogen) atoms. The molecule has 2 amide bonds. The van der Waals surface area contributed by atoms with E-state index in [1.807, 2.05) is 24.3 Å². The average Bonchev–Trinajstić information content (AvgIpc) is 2.70. The molecule has 0 aromatic heterocycles. The summed E-state index contributed by atoms with van der Waals surface area (Å²) in [5.41, 5.74) is 3.89. The van der Waals surface area contributed by atoms with Gasteiger partial charge >= 0.3 is 6.03 Å². The number of hydrogen-bond donors (Lipinski definition) is 2. The molecule has 0 spiro atoms. The number of carbonyl (C=O) groups is 1. The van der Waals surface area contributed by atoms with Gasteiger partial charge in [-0.1, -0.05) is 36.4 Å². The van der Waals surface area contributed by atoms with E-state index in [0.29, 0.717) is 19.1 Å². The Morgan fingerprint density at radius 3 is 2.58 bits per heavy atom. The Balaban J connectivity index is 1.41. The van der Waals surface area contributed by atoms with E-state index in [4.69, 9.17) is 4.74 Å². The smallest absolute Gasteiger partial charge is 0.315 e. The number of carbonyl (C=O) groups excluding carboxylic acids is 1. The lowest BCUT2D eigenvalue weighted by Gasteiger charge is -2.33. The van der Waals surface area contributed by atoms with Gasteiger partial charge in [0, 0.05) is 32.2 Å². The predicted octanol–water partition coefficient (Wildman–Crippen LogP) is 2.94. The highest BCUT2D eigenvalue weighted by Gasteiger charge is 2.20. The van der Waals surface area contributed by atoms with Crippen molar-refractivity contribution in [1.29, 1.82) is 0 Å². The number of fused-ring (bicyclic) bond motifs is 1. The molecule has 1 aliphatic rings. The van der Waals surface area contributed by atoms with Crippen molar-refractivity contribution in [3.63, 3.8) is 0 Å². The Hall–Kier alpha value is -2.53. The van der Waals surface area contributed by atoms with Crippen LogP contribution in [-0.4, -0.2) is 37.2 Å². The Morgan fingerprint density at radius 2 is 1.85 bits per heavy atom. The Morgan fingerprint density at radius 1 is 1.12 bits per heavy atom. The molecule has 2 N–H and O–H groups in total. The van der Waals surface area contributed by atoms with Gasteiger partial charge in [-0.25, -0.2) is 4.79 Å². The van der Waals surface area contributed by atoms with E-state index in [-0.39, 0.29) is 6.03 Å². The summed E-state index contributed by atoms with van der Waals surface area (Å²) in [5, 5.41) is 5.88. The number of hydrogen-bond acceptors (Lipinski definition) is 3. The van der Waals surface area contributed by atoms with Crippen LogP contribution in [0.2, 0.25) is 0 Å². The van der Waals surface area contributed by atoms with Crippen LogP contribution in [0.5, 0.6) is 5.75 Å². The molecule has 0 bridgehead atoms. The molecule has 138 valence electrons. The van der Waals surface area contributed by atoms with Crippen LogP contribution >= 0.6 is 0 Å². The molecule has 1 heterocycles. The second-order valence-electron chi connectivity index (χ2n) is 6.75. The fourth-order valence-electron chi connectivity index (χ4n) is 3.25. The molecule has 0 radical (unpaired) electrons. The first-order valence-corrected chi connectivity index (χ1v) is 9.11. The number of methoxy groups -OCH3 is 1. The van der Waals surface area contributed by atoms with Crippen LogP contribution in [0.1, 0.15) is 23.6 Å². The second-order valence-corrected chi connectivity index (χ2v) is 6.75. The first-order valence-electron chi connectivity index (χ1n) is 9.11. The number of nitrogens with one attached hydrogen (secondary N) is 2. The van der Waals surface area contributed by atoms with Crippen molar-refractivity contribution in [2.45, 2.75) is 32.5 Å². The maximum atomic E-state index is 12.1. The summed E-state index contributed by atoms with van der Waals surface area (Å²) in [7, 11) is 1.64. The van der Waals surface area contributed by atoms with Crippen molar-refractivity contribution in [3.05, 3.63) is 65.2 Å². The lowest BCUT2D eigenvalue weighted by Crippen LogP contribution is -2.46. The molecule has 2 aromatic carbocycles. The van der Waals surface area contributed by atoms with Gasteiger partial charge in [0.25, 0.3) is 0 Å². The summed E-state index contributed by atoms with van der Waals surface area (Å²) < 4.78 is 5.13. The minimum atomic E-state index is -0.134. The number of ether oxygens (including phenoxy) is 1. The SMILES string of the molecule is COc1ccc(CNC(=O)NCC(C)N2CCc3ccccc3C2)cc1. The predicted molar refractivity (Wildman–Crippen MR) is 103 cm³/mol. The summed E-state index contributed by atoms with van der Waals surface area (Å²) in [5.74, 6) is 0.815. The quantitative estimate of drug-likeness (QED) is 0.840. The van der Waals surface area contributed by atoms with Crippen LogP contribution in [0.25, 0.3) is 0 Å². The van der Waals surface area contributed by atoms with Crippen molar-refractivity contribution >= 4 is 6.03 Å². The fourth-order valence-corrected chi connectivity index (χ4v) is 3.25. The molecule has 0 saturated heterocycles. The zero-order chi connectivity index (χ0) is 18.4. The lowest BCUT2D eigenvalue weighted by atomic mass is 9.99. The van der Waals surface area contributed by atoms with Crippen LogP contribution < -0.4 is 15.4 Å². The standard InChI is InChI=1S/C21H27N3O2/c1-16(24-12-11-18-5-3-4-6-19(18)15-24)13-22-21(25)23-14-17-7-9-20(26-2)10-8-17/h3-10,16H,11-15H2,1-2H3,(H2,22,23,25). The summed E-state index contributed by atoms with van der Waals surface area (Å²) in [6.07, 6.45) is 1.07. The number of urea groups is 1. The summed E-state index contributed by atoms with van der Waals surface area (Å²) in [4.78, 5) is 14.5. The third-order valence-corrected chi connectivity index (χ3v) is 4.95. The van der Waals surface area contributed by atoms with Gasteiger partial charge in [-0.2, -0.15) is 0 Å². The summed E-state index contributed by atoms with van der Waals surface area (Å²) in [6.45, 7) is 5.29. The average molecular weight is 353 g/mol. The van der Waals surface area contributed by atoms with Gasteiger partial charge in [-0.15, -0.1) is 0 Å². The highest BCUT2D eigenvalue weighted by Crippen LogP contribution is 2.19. The van der Waals surface area contributed by atoms with Gasteiger partial charge in [0.15, 0.2) is 0 Å². The molecule has 0 aliphatic carbocycles. The molecule has 5 nitrogen and oxygen atoms in total. The lowest BCUT2D eigenvalue weighted by molar-refractivity contribution is 0.185. The number of amides is 2. The second kappa shape index (κ2) is 8.72. The van der Waals surface area contributed by atoms with Crippen LogP contribution in [0.15, 0.2) is 48.5 Å². The normalized spacial score (nSPS) is 15.0. The van der Waals surface area contributed by atoms with E-state index in [0.717, 1.165) is 30.8 Å². The fraction of sp³-hybridized carbons (Fsp3) is 0.381. The van der Waals surface area contributed by atoms with Gasteiger partial charge in [0.1, 0.15) is 5.75 Å². The minimum absolute atomic E-state index is 0.134. The van der Waals surface area contributed by atoms with Gasteiger partial charge < -0.3 is 15.4 Å². The van der Waals surface area contributed by atoms with Crippen molar-refractivity contribution in [2.24, 2.45) is 0 Å². The molecule has 1 aliphatic heterocycles. The van der Waals surface area contributed by atoms with Gasteiger partial charge in [0.05, 0.1) is 7.11 Å². The molecule has 0 fully saturated rings. The van der Waals surface area contributed by atoms with Gasteiger partial charge in [0.2, 0.25) is 0 Å². The maximum absolute atomic E-state index is 12.1. The number of nitrogens with zero attached hydrogens (tertiary/aromatic N) is 1.